The summed E-state index contributed by atoms with van der Waals surface area (Å²) in [5, 5.41) is 4.15. The van der Waals surface area contributed by atoms with Crippen molar-refractivity contribution in [2.45, 2.75) is 25.4 Å². The average molecular weight is 293 g/mol. The second-order valence-corrected chi connectivity index (χ2v) is 6.02. The van der Waals surface area contributed by atoms with Gasteiger partial charge in [-0.25, -0.2) is 4.98 Å². The van der Waals surface area contributed by atoms with Gasteiger partial charge in [-0.2, -0.15) is 0 Å². The first-order chi connectivity index (χ1) is 9.67. The van der Waals surface area contributed by atoms with Gasteiger partial charge in [-0.1, -0.05) is 11.6 Å². The van der Waals surface area contributed by atoms with Crippen molar-refractivity contribution in [2.24, 2.45) is 7.05 Å². The smallest absolute Gasteiger partial charge is 0.123 e. The lowest BCUT2D eigenvalue weighted by molar-refractivity contribution is 0.183. The van der Waals surface area contributed by atoms with E-state index in [2.05, 4.69) is 21.8 Å². The van der Waals surface area contributed by atoms with E-state index in [1.165, 1.54) is 12.8 Å². The number of nitrogens with zero attached hydrogens (tertiary/aromatic N) is 3. The fourth-order valence-electron chi connectivity index (χ4n) is 2.99. The average Bonchev–Trinajstić information content (AvgIpc) is 2.76. The number of likely N-dealkylation sites (N-methyl/N-ethyl adjacent to an activating group) is 1. The summed E-state index contributed by atoms with van der Waals surface area (Å²) >= 11 is 6.07. The third-order valence-electron chi connectivity index (χ3n) is 4.21. The van der Waals surface area contributed by atoms with Gasteiger partial charge in [0.25, 0.3) is 0 Å². The summed E-state index contributed by atoms with van der Waals surface area (Å²) in [6, 6.07) is 6.49. The van der Waals surface area contributed by atoms with Crippen LogP contribution in [0.3, 0.4) is 0 Å². The minimum absolute atomic E-state index is 0.605. The summed E-state index contributed by atoms with van der Waals surface area (Å²) in [6.45, 7) is 3.16. The Balaban J connectivity index is 1.82. The highest BCUT2D eigenvalue weighted by Crippen LogP contribution is 2.21. The van der Waals surface area contributed by atoms with E-state index >= 15 is 0 Å². The molecule has 1 saturated heterocycles. The lowest BCUT2D eigenvalue weighted by Crippen LogP contribution is -2.44. The molecule has 5 heteroatoms. The number of aromatic nitrogens is 2. The molecule has 4 nitrogen and oxygen atoms in total. The van der Waals surface area contributed by atoms with Gasteiger partial charge in [0.2, 0.25) is 0 Å². The summed E-state index contributed by atoms with van der Waals surface area (Å²) in [4.78, 5) is 7.22. The van der Waals surface area contributed by atoms with E-state index in [4.69, 9.17) is 16.6 Å². The molecule has 20 heavy (non-hydrogen) atoms. The van der Waals surface area contributed by atoms with Crippen LogP contribution in [0.15, 0.2) is 18.2 Å². The maximum atomic E-state index is 6.07. The largest absolute Gasteiger partial charge is 0.330 e. The first-order valence-electron chi connectivity index (χ1n) is 7.18. The second kappa shape index (κ2) is 5.72. The SMILES string of the molecule is CNC1CCCN(Cc2nc3ccc(Cl)cc3n2C)C1. The molecule has 1 aromatic heterocycles. The van der Waals surface area contributed by atoms with Crippen LogP contribution in [0.2, 0.25) is 5.02 Å². The summed E-state index contributed by atoms with van der Waals surface area (Å²) in [5.74, 6) is 1.11. The Morgan fingerprint density at radius 2 is 2.30 bits per heavy atom. The fourth-order valence-corrected chi connectivity index (χ4v) is 3.16. The molecule has 1 aliphatic heterocycles. The molecule has 1 fully saturated rings. The van der Waals surface area contributed by atoms with Crippen molar-refractivity contribution in [2.75, 3.05) is 20.1 Å². The van der Waals surface area contributed by atoms with Gasteiger partial charge in [0, 0.05) is 24.7 Å². The minimum Gasteiger partial charge on any atom is -0.330 e. The Kier molecular flexibility index (Phi) is 3.96. The molecule has 0 amide bonds. The van der Waals surface area contributed by atoms with Crippen LogP contribution in [0.25, 0.3) is 11.0 Å². The van der Waals surface area contributed by atoms with Gasteiger partial charge in [-0.3, -0.25) is 4.90 Å². The number of hydrogen-bond donors (Lipinski definition) is 1. The molecule has 0 aliphatic carbocycles. The molecule has 0 bridgehead atoms. The maximum Gasteiger partial charge on any atom is 0.123 e. The second-order valence-electron chi connectivity index (χ2n) is 5.58. The van der Waals surface area contributed by atoms with Crippen molar-refractivity contribution >= 4 is 22.6 Å². The van der Waals surface area contributed by atoms with Crippen LogP contribution in [0.1, 0.15) is 18.7 Å². The van der Waals surface area contributed by atoms with Crippen molar-refractivity contribution in [3.8, 4) is 0 Å². The number of imidazole rings is 1. The van der Waals surface area contributed by atoms with Crippen molar-refractivity contribution in [1.82, 2.24) is 19.8 Å². The molecule has 1 N–H and O–H groups in total. The first kappa shape index (κ1) is 13.9. The first-order valence-corrected chi connectivity index (χ1v) is 7.55. The van der Waals surface area contributed by atoms with E-state index in [9.17, 15) is 0 Å². The molecule has 1 aliphatic rings. The minimum atomic E-state index is 0.605. The fraction of sp³-hybridized carbons (Fsp3) is 0.533. The van der Waals surface area contributed by atoms with E-state index in [0.717, 1.165) is 41.5 Å². The molecule has 0 radical (unpaired) electrons. The Morgan fingerprint density at radius 3 is 3.10 bits per heavy atom. The molecule has 0 saturated carbocycles. The molecule has 2 heterocycles. The predicted molar refractivity (Wildman–Crippen MR) is 83.1 cm³/mol. The zero-order chi connectivity index (χ0) is 14.1. The van der Waals surface area contributed by atoms with Gasteiger partial charge in [0.1, 0.15) is 5.82 Å². The summed E-state index contributed by atoms with van der Waals surface area (Å²) < 4.78 is 2.16. The van der Waals surface area contributed by atoms with Crippen LogP contribution < -0.4 is 5.32 Å². The highest BCUT2D eigenvalue weighted by Gasteiger charge is 2.20. The monoisotopic (exact) mass is 292 g/mol. The number of benzene rings is 1. The van der Waals surface area contributed by atoms with Crippen molar-refractivity contribution in [1.29, 1.82) is 0 Å². The van der Waals surface area contributed by atoms with Crippen LogP contribution in [0, 0.1) is 0 Å². The Bertz CT molecular complexity index is 607. The van der Waals surface area contributed by atoms with E-state index in [-0.39, 0.29) is 0 Å². The molecule has 1 aromatic carbocycles. The third-order valence-corrected chi connectivity index (χ3v) is 4.45. The van der Waals surface area contributed by atoms with Crippen molar-refractivity contribution in [3.63, 3.8) is 0 Å². The van der Waals surface area contributed by atoms with Crippen LogP contribution in [-0.4, -0.2) is 40.6 Å². The number of fused-ring (bicyclic) bond motifs is 1. The molecule has 1 atom stereocenters. The van der Waals surface area contributed by atoms with E-state index < -0.39 is 0 Å². The van der Waals surface area contributed by atoms with Gasteiger partial charge in [0.05, 0.1) is 17.6 Å². The summed E-state index contributed by atoms with van der Waals surface area (Å²) in [7, 11) is 4.12. The van der Waals surface area contributed by atoms with E-state index in [0.29, 0.717) is 6.04 Å². The molecular formula is C15H21ClN4. The molecule has 3 rings (SSSR count). The number of hydrogen-bond acceptors (Lipinski definition) is 3. The van der Waals surface area contributed by atoms with Gasteiger partial charge < -0.3 is 9.88 Å². The summed E-state index contributed by atoms with van der Waals surface area (Å²) in [5.41, 5.74) is 2.13. The predicted octanol–water partition coefficient (Wildman–Crippen LogP) is 2.41. The third kappa shape index (κ3) is 2.68. The Morgan fingerprint density at radius 1 is 1.45 bits per heavy atom. The van der Waals surface area contributed by atoms with Crippen LogP contribution in [0.4, 0.5) is 0 Å². The highest BCUT2D eigenvalue weighted by atomic mass is 35.5. The van der Waals surface area contributed by atoms with Crippen molar-refractivity contribution in [3.05, 3.63) is 29.0 Å². The zero-order valence-electron chi connectivity index (χ0n) is 12.1. The highest BCUT2D eigenvalue weighted by molar-refractivity contribution is 6.31. The normalized spacial score (nSPS) is 20.6. The Hall–Kier alpha value is -1.10. The molecular weight excluding hydrogens is 272 g/mol. The van der Waals surface area contributed by atoms with Gasteiger partial charge in [-0.05, 0) is 44.6 Å². The molecule has 1 unspecified atom stereocenters. The van der Waals surface area contributed by atoms with Gasteiger partial charge in [0.15, 0.2) is 0 Å². The standard InChI is InChI=1S/C15H21ClN4/c1-17-12-4-3-7-20(9-12)10-15-18-13-6-5-11(16)8-14(13)19(15)2/h5-6,8,12,17H,3-4,7,9-10H2,1-2H3. The van der Waals surface area contributed by atoms with E-state index in [1.54, 1.807) is 0 Å². The number of piperidine rings is 1. The lowest BCUT2D eigenvalue weighted by Gasteiger charge is -2.32. The molecule has 2 aromatic rings. The van der Waals surface area contributed by atoms with Gasteiger partial charge >= 0.3 is 0 Å². The Labute approximate surface area is 124 Å². The van der Waals surface area contributed by atoms with Crippen LogP contribution in [0.5, 0.6) is 0 Å². The van der Waals surface area contributed by atoms with Crippen molar-refractivity contribution < 1.29 is 0 Å². The zero-order valence-corrected chi connectivity index (χ0v) is 12.8. The topological polar surface area (TPSA) is 33.1 Å². The maximum absolute atomic E-state index is 6.07. The quantitative estimate of drug-likeness (QED) is 0.943. The number of likely N-dealkylation sites (tertiary alicyclic amines) is 1. The molecule has 108 valence electrons. The lowest BCUT2D eigenvalue weighted by atomic mass is 10.1. The number of rotatable bonds is 3. The number of nitrogens with one attached hydrogen (secondary N) is 1. The number of aryl methyl sites for hydroxylation is 1. The molecule has 0 spiro atoms. The number of halogens is 1. The van der Waals surface area contributed by atoms with Gasteiger partial charge in [-0.15, -0.1) is 0 Å². The van der Waals surface area contributed by atoms with E-state index in [1.807, 2.05) is 25.2 Å². The van der Waals surface area contributed by atoms with Crippen LogP contribution >= 0.6 is 11.6 Å². The van der Waals surface area contributed by atoms with Crippen LogP contribution in [-0.2, 0) is 13.6 Å². The summed E-state index contributed by atoms with van der Waals surface area (Å²) in [6.07, 6.45) is 2.52.